The first-order valence-corrected chi connectivity index (χ1v) is 14.4. The molecular formula is C30H25FN4O2S2. The number of halogens is 1. The zero-order valence-corrected chi connectivity index (χ0v) is 22.9. The quantitative estimate of drug-likeness (QED) is 0.218. The van der Waals surface area contributed by atoms with Crippen LogP contribution in [0.25, 0.3) is 22.4 Å². The highest BCUT2D eigenvalue weighted by Crippen LogP contribution is 2.26. The Morgan fingerprint density at radius 1 is 0.821 bits per heavy atom. The number of nitrogens with zero attached hydrogens (tertiary/aromatic N) is 4. The van der Waals surface area contributed by atoms with Crippen LogP contribution >= 0.6 is 11.3 Å². The zero-order chi connectivity index (χ0) is 27.4. The second-order valence-corrected chi connectivity index (χ2v) is 11.8. The van der Waals surface area contributed by atoms with E-state index >= 15 is 0 Å². The molecule has 6 nitrogen and oxygen atoms in total. The van der Waals surface area contributed by atoms with E-state index in [1.54, 1.807) is 41.2 Å². The van der Waals surface area contributed by atoms with E-state index in [4.69, 9.17) is 4.99 Å². The Labute approximate surface area is 230 Å². The molecule has 0 radical (unpaired) electrons. The molecule has 0 unspecified atom stereocenters. The Hall–Kier alpha value is -4.18. The summed E-state index contributed by atoms with van der Waals surface area (Å²) in [5.41, 5.74) is 5.00. The molecule has 0 atom stereocenters. The summed E-state index contributed by atoms with van der Waals surface area (Å²) < 4.78 is 41.9. The lowest BCUT2D eigenvalue weighted by Gasteiger charge is -2.11. The summed E-state index contributed by atoms with van der Waals surface area (Å²) >= 11 is 1.37. The van der Waals surface area contributed by atoms with Gasteiger partial charge in [0.2, 0.25) is 14.8 Å². The highest BCUT2D eigenvalue weighted by molar-refractivity contribution is 7.89. The fourth-order valence-electron chi connectivity index (χ4n) is 3.90. The molecule has 5 rings (SSSR count). The third kappa shape index (κ3) is 5.96. The fraction of sp³-hybridized carbons (Fsp3) is 0.0667. The van der Waals surface area contributed by atoms with Crippen molar-refractivity contribution in [2.75, 3.05) is 14.1 Å². The van der Waals surface area contributed by atoms with Gasteiger partial charge in [-0.05, 0) is 47.0 Å². The molecule has 0 saturated carbocycles. The molecule has 0 aliphatic carbocycles. The van der Waals surface area contributed by atoms with Crippen LogP contribution in [0.4, 0.5) is 10.1 Å². The van der Waals surface area contributed by atoms with Gasteiger partial charge in [-0.25, -0.2) is 26.8 Å². The van der Waals surface area contributed by atoms with Crippen LogP contribution in [0, 0.1) is 5.82 Å². The first-order valence-electron chi connectivity index (χ1n) is 12.0. The van der Waals surface area contributed by atoms with Gasteiger partial charge in [-0.2, -0.15) is 5.10 Å². The Morgan fingerprint density at radius 3 is 2.23 bits per heavy atom. The molecule has 39 heavy (non-hydrogen) atoms. The maximum absolute atomic E-state index is 13.8. The second kappa shape index (κ2) is 11.3. The third-order valence-electron chi connectivity index (χ3n) is 5.97. The molecule has 1 aromatic heterocycles. The van der Waals surface area contributed by atoms with Gasteiger partial charge in [0.1, 0.15) is 5.82 Å². The lowest BCUT2D eigenvalue weighted by atomic mass is 10.0. The summed E-state index contributed by atoms with van der Waals surface area (Å²) in [5, 5.41) is 6.59. The second-order valence-electron chi connectivity index (χ2n) is 8.85. The van der Waals surface area contributed by atoms with Crippen LogP contribution in [0.1, 0.15) is 5.56 Å². The van der Waals surface area contributed by atoms with E-state index in [1.165, 1.54) is 43.6 Å². The highest BCUT2D eigenvalue weighted by atomic mass is 32.2. The van der Waals surface area contributed by atoms with Gasteiger partial charge in [0.25, 0.3) is 0 Å². The molecule has 0 N–H and O–H groups in total. The third-order valence-corrected chi connectivity index (χ3v) is 8.59. The fourth-order valence-corrected chi connectivity index (χ4v) is 5.70. The van der Waals surface area contributed by atoms with Crippen LogP contribution in [0.2, 0.25) is 0 Å². The smallest absolute Gasteiger partial charge is 0.220 e. The monoisotopic (exact) mass is 556 g/mol. The van der Waals surface area contributed by atoms with E-state index in [0.717, 1.165) is 26.7 Å². The van der Waals surface area contributed by atoms with Gasteiger partial charge in [0.05, 0.1) is 22.5 Å². The summed E-state index contributed by atoms with van der Waals surface area (Å²) in [6.45, 7) is 0. The summed E-state index contributed by atoms with van der Waals surface area (Å²) in [7, 11) is -0.634. The van der Waals surface area contributed by atoms with Gasteiger partial charge >= 0.3 is 0 Å². The molecule has 0 amide bonds. The average molecular weight is 557 g/mol. The minimum absolute atomic E-state index is 0.150. The van der Waals surface area contributed by atoms with Crippen LogP contribution in [0.3, 0.4) is 0 Å². The molecule has 0 spiro atoms. The van der Waals surface area contributed by atoms with Crippen molar-refractivity contribution in [3.05, 3.63) is 125 Å². The standard InChI is InChI=1S/C30H25FN4O2S2/c1-34(2)39(36,37)28-13-7-12-27(19-28)33-30-35(32-20-22-8-6-11-26(31)18-22)29(21-38-30)25-16-14-24(15-17-25)23-9-4-3-5-10-23/h3-21H,1-2H3. The lowest BCUT2D eigenvalue weighted by molar-refractivity contribution is 0.521. The lowest BCUT2D eigenvalue weighted by Crippen LogP contribution is -2.22. The van der Waals surface area contributed by atoms with Gasteiger partial charge in [0.15, 0.2) is 0 Å². The summed E-state index contributed by atoms with van der Waals surface area (Å²) in [5.74, 6) is -0.352. The molecular weight excluding hydrogens is 531 g/mol. The number of benzene rings is 4. The van der Waals surface area contributed by atoms with Gasteiger partial charge in [-0.1, -0.05) is 72.8 Å². The van der Waals surface area contributed by atoms with E-state index in [2.05, 4.69) is 29.4 Å². The number of thiazole rings is 1. The molecule has 9 heteroatoms. The predicted octanol–water partition coefficient (Wildman–Crippen LogP) is 6.39. The van der Waals surface area contributed by atoms with Crippen molar-refractivity contribution in [2.24, 2.45) is 10.1 Å². The van der Waals surface area contributed by atoms with Crippen LogP contribution < -0.4 is 4.80 Å². The molecule has 0 aliphatic rings. The van der Waals surface area contributed by atoms with Crippen molar-refractivity contribution in [3.63, 3.8) is 0 Å². The van der Waals surface area contributed by atoms with E-state index in [0.29, 0.717) is 16.1 Å². The molecule has 196 valence electrons. The van der Waals surface area contributed by atoms with Crippen molar-refractivity contribution < 1.29 is 12.8 Å². The minimum Gasteiger partial charge on any atom is -0.220 e. The minimum atomic E-state index is -3.61. The first-order chi connectivity index (χ1) is 18.8. The van der Waals surface area contributed by atoms with Gasteiger partial charge < -0.3 is 0 Å². The summed E-state index contributed by atoms with van der Waals surface area (Å²) in [6, 6.07) is 30.9. The number of hydrogen-bond donors (Lipinski definition) is 0. The molecule has 5 aromatic rings. The molecule has 0 aliphatic heterocycles. The first kappa shape index (κ1) is 26.4. The predicted molar refractivity (Wildman–Crippen MR) is 155 cm³/mol. The topological polar surface area (TPSA) is 67.0 Å². The van der Waals surface area contributed by atoms with Crippen LogP contribution in [-0.2, 0) is 10.0 Å². The molecule has 0 fully saturated rings. The number of aromatic nitrogens is 1. The maximum Gasteiger partial charge on any atom is 0.242 e. The van der Waals surface area contributed by atoms with Crippen molar-refractivity contribution >= 4 is 33.3 Å². The van der Waals surface area contributed by atoms with E-state index < -0.39 is 10.0 Å². The van der Waals surface area contributed by atoms with Crippen molar-refractivity contribution in [1.29, 1.82) is 0 Å². The number of rotatable bonds is 7. The molecule has 0 bridgehead atoms. The van der Waals surface area contributed by atoms with Crippen LogP contribution in [0.15, 0.2) is 123 Å². The Morgan fingerprint density at radius 2 is 1.51 bits per heavy atom. The molecule has 0 saturated heterocycles. The largest absolute Gasteiger partial charge is 0.242 e. The number of hydrogen-bond acceptors (Lipinski definition) is 5. The Kier molecular flexibility index (Phi) is 7.65. The number of sulfonamides is 1. The Balaban J connectivity index is 1.60. The van der Waals surface area contributed by atoms with Gasteiger partial charge in [-0.15, -0.1) is 11.3 Å². The van der Waals surface area contributed by atoms with Crippen molar-refractivity contribution in [2.45, 2.75) is 4.90 Å². The summed E-state index contributed by atoms with van der Waals surface area (Å²) in [4.78, 5) is 5.41. The molecule has 1 heterocycles. The van der Waals surface area contributed by atoms with Crippen LogP contribution in [0.5, 0.6) is 0 Å². The zero-order valence-electron chi connectivity index (χ0n) is 21.3. The van der Waals surface area contributed by atoms with Crippen molar-refractivity contribution in [1.82, 2.24) is 8.98 Å². The normalized spacial score (nSPS) is 12.5. The summed E-state index contributed by atoms with van der Waals surface area (Å²) in [6.07, 6.45) is 1.57. The maximum atomic E-state index is 13.8. The Bertz CT molecular complexity index is 1810. The SMILES string of the molecule is CN(C)S(=O)(=O)c1cccc(N=c2scc(-c3ccc(-c4ccccc4)cc3)n2N=Cc2cccc(F)c2)c1. The van der Waals surface area contributed by atoms with Gasteiger partial charge in [-0.3, -0.25) is 0 Å². The van der Waals surface area contributed by atoms with Gasteiger partial charge in [0, 0.05) is 25.0 Å². The molecule has 4 aromatic carbocycles. The van der Waals surface area contributed by atoms with E-state index in [1.807, 2.05) is 35.7 Å². The van der Waals surface area contributed by atoms with Crippen LogP contribution in [-0.4, -0.2) is 37.7 Å². The van der Waals surface area contributed by atoms with E-state index in [9.17, 15) is 12.8 Å². The van der Waals surface area contributed by atoms with Crippen molar-refractivity contribution in [3.8, 4) is 22.4 Å². The highest BCUT2D eigenvalue weighted by Gasteiger charge is 2.17. The van der Waals surface area contributed by atoms with E-state index in [-0.39, 0.29) is 10.7 Å². The average Bonchev–Trinajstić information content (AvgIpc) is 3.34.